The summed E-state index contributed by atoms with van der Waals surface area (Å²) in [5, 5.41) is 0. The van der Waals surface area contributed by atoms with E-state index in [9.17, 15) is 14.4 Å². The Morgan fingerprint density at radius 2 is 0.586 bits per heavy atom. The maximum Gasteiger partial charge on any atom is 0.306 e. The van der Waals surface area contributed by atoms with E-state index < -0.39 is 6.10 Å². The van der Waals surface area contributed by atoms with E-state index in [1.807, 2.05) is 0 Å². The Kier molecular flexibility index (Phi) is 46.3. The Morgan fingerprint density at radius 1 is 0.328 bits per heavy atom. The van der Waals surface area contributed by atoms with Gasteiger partial charge in [-0.2, -0.15) is 0 Å². The van der Waals surface area contributed by atoms with Crippen LogP contribution in [0.3, 0.4) is 0 Å². The Hall–Kier alpha value is -1.85. The van der Waals surface area contributed by atoms with E-state index in [1.54, 1.807) is 0 Å². The van der Waals surface area contributed by atoms with Gasteiger partial charge in [-0.15, -0.1) is 0 Å². The summed E-state index contributed by atoms with van der Waals surface area (Å²) in [5.41, 5.74) is 0. The van der Waals surface area contributed by atoms with Gasteiger partial charge in [0, 0.05) is 19.3 Å². The number of esters is 3. The van der Waals surface area contributed by atoms with Gasteiger partial charge < -0.3 is 14.2 Å². The molecule has 0 amide bonds. The molecule has 6 nitrogen and oxygen atoms in total. The normalized spacial score (nSPS) is 12.0. The Balaban J connectivity index is 4.25. The number of allylic oxidation sites excluding steroid dienone is 2. The minimum atomic E-state index is -0.766. The molecule has 0 spiro atoms. The molecular weight excluding hydrogens is 721 g/mol. The first-order valence-electron chi connectivity index (χ1n) is 25.7. The van der Waals surface area contributed by atoms with E-state index in [0.29, 0.717) is 19.3 Å². The van der Waals surface area contributed by atoms with E-state index in [0.717, 1.165) is 77.0 Å². The Labute approximate surface area is 360 Å². The van der Waals surface area contributed by atoms with Crippen molar-refractivity contribution in [3.63, 3.8) is 0 Å². The minimum absolute atomic E-state index is 0.0683. The number of carbonyl (C=O) groups is 3. The van der Waals surface area contributed by atoms with Crippen LogP contribution in [0.15, 0.2) is 12.2 Å². The topological polar surface area (TPSA) is 78.9 Å². The summed E-state index contributed by atoms with van der Waals surface area (Å²) < 4.78 is 16.8. The molecule has 0 aromatic heterocycles. The van der Waals surface area contributed by atoms with Crippen molar-refractivity contribution in [2.75, 3.05) is 13.2 Å². The fourth-order valence-corrected chi connectivity index (χ4v) is 7.60. The highest BCUT2D eigenvalue weighted by Crippen LogP contribution is 2.16. The van der Waals surface area contributed by atoms with E-state index in [1.165, 1.54) is 167 Å². The first-order chi connectivity index (χ1) is 28.5. The van der Waals surface area contributed by atoms with Crippen molar-refractivity contribution in [3.8, 4) is 0 Å². The van der Waals surface area contributed by atoms with Gasteiger partial charge in [-0.05, 0) is 38.5 Å². The van der Waals surface area contributed by atoms with Crippen LogP contribution in [0.25, 0.3) is 0 Å². The second kappa shape index (κ2) is 47.8. The number of hydrogen-bond donors (Lipinski definition) is 0. The molecule has 0 saturated heterocycles. The van der Waals surface area contributed by atoms with Crippen LogP contribution in [0.5, 0.6) is 0 Å². The molecule has 0 saturated carbocycles. The van der Waals surface area contributed by atoms with Gasteiger partial charge in [0.1, 0.15) is 13.2 Å². The van der Waals surface area contributed by atoms with Crippen LogP contribution in [0.1, 0.15) is 284 Å². The monoisotopic (exact) mass is 819 g/mol. The van der Waals surface area contributed by atoms with Gasteiger partial charge in [0.05, 0.1) is 0 Å². The molecule has 0 aromatic rings. The molecule has 0 radical (unpaired) electrons. The zero-order valence-corrected chi connectivity index (χ0v) is 39.1. The summed E-state index contributed by atoms with van der Waals surface area (Å²) in [7, 11) is 0. The molecule has 342 valence electrons. The molecular formula is C52H98O6. The Bertz CT molecular complexity index is 900. The third-order valence-electron chi connectivity index (χ3n) is 11.5. The number of rotatable bonds is 47. The largest absolute Gasteiger partial charge is 0.462 e. The van der Waals surface area contributed by atoms with Crippen LogP contribution in [-0.4, -0.2) is 37.2 Å². The van der Waals surface area contributed by atoms with Crippen molar-refractivity contribution < 1.29 is 28.6 Å². The van der Waals surface area contributed by atoms with Gasteiger partial charge in [-0.3, -0.25) is 14.4 Å². The summed E-state index contributed by atoms with van der Waals surface area (Å²) >= 11 is 0. The molecule has 0 rings (SSSR count). The molecule has 0 N–H and O–H groups in total. The van der Waals surface area contributed by atoms with E-state index in [2.05, 4.69) is 32.9 Å². The zero-order valence-electron chi connectivity index (χ0n) is 39.1. The zero-order chi connectivity index (χ0) is 42.3. The first-order valence-corrected chi connectivity index (χ1v) is 25.7. The van der Waals surface area contributed by atoms with Crippen LogP contribution < -0.4 is 0 Å². The lowest BCUT2D eigenvalue weighted by Gasteiger charge is -2.18. The summed E-state index contributed by atoms with van der Waals surface area (Å²) in [6.07, 6.45) is 52.0. The summed E-state index contributed by atoms with van der Waals surface area (Å²) in [6, 6.07) is 0. The highest BCUT2D eigenvalue weighted by molar-refractivity contribution is 5.71. The van der Waals surface area contributed by atoms with Crippen LogP contribution in [0.4, 0.5) is 0 Å². The average molecular weight is 819 g/mol. The quantitative estimate of drug-likeness (QED) is 0.0263. The van der Waals surface area contributed by atoms with Gasteiger partial charge >= 0.3 is 17.9 Å². The minimum Gasteiger partial charge on any atom is -0.462 e. The summed E-state index contributed by atoms with van der Waals surface area (Å²) in [4.78, 5) is 37.8. The van der Waals surface area contributed by atoms with Gasteiger partial charge in [-0.25, -0.2) is 0 Å². The third-order valence-corrected chi connectivity index (χ3v) is 11.5. The number of ether oxygens (including phenoxy) is 3. The molecule has 1 unspecified atom stereocenters. The molecule has 0 bridgehead atoms. The molecule has 58 heavy (non-hydrogen) atoms. The van der Waals surface area contributed by atoms with E-state index in [-0.39, 0.29) is 31.1 Å². The molecule has 0 aliphatic heterocycles. The van der Waals surface area contributed by atoms with Crippen LogP contribution in [0, 0.1) is 0 Å². The maximum absolute atomic E-state index is 12.7. The number of unbranched alkanes of at least 4 members (excludes halogenated alkanes) is 34. The molecule has 0 aliphatic carbocycles. The molecule has 0 fully saturated rings. The lowest BCUT2D eigenvalue weighted by atomic mass is 10.0. The molecule has 0 heterocycles. The Morgan fingerprint density at radius 3 is 0.914 bits per heavy atom. The second-order valence-corrected chi connectivity index (χ2v) is 17.4. The van der Waals surface area contributed by atoms with E-state index >= 15 is 0 Å². The van der Waals surface area contributed by atoms with Gasteiger partial charge in [0.25, 0.3) is 0 Å². The van der Waals surface area contributed by atoms with Gasteiger partial charge in [0.15, 0.2) is 6.10 Å². The summed E-state index contributed by atoms with van der Waals surface area (Å²) in [6.45, 7) is 6.61. The van der Waals surface area contributed by atoms with Crippen LogP contribution in [0.2, 0.25) is 0 Å². The highest BCUT2D eigenvalue weighted by atomic mass is 16.6. The van der Waals surface area contributed by atoms with Gasteiger partial charge in [0.2, 0.25) is 0 Å². The average Bonchev–Trinajstić information content (AvgIpc) is 3.22. The SMILES string of the molecule is CCCC/C=C\CCCCCCC(=O)OCC(COC(=O)CCCCCCCCCCCCCCCCCCCC)OC(=O)CCCCCCCCCCCCCC. The lowest BCUT2D eigenvalue weighted by molar-refractivity contribution is -0.167. The first kappa shape index (κ1) is 56.1. The van der Waals surface area contributed by atoms with E-state index in [4.69, 9.17) is 14.2 Å². The highest BCUT2D eigenvalue weighted by Gasteiger charge is 2.19. The maximum atomic E-state index is 12.7. The van der Waals surface area contributed by atoms with Crippen molar-refractivity contribution in [2.24, 2.45) is 0 Å². The van der Waals surface area contributed by atoms with Crippen molar-refractivity contribution in [1.82, 2.24) is 0 Å². The fraction of sp³-hybridized carbons (Fsp3) is 0.904. The van der Waals surface area contributed by atoms with Gasteiger partial charge in [-0.1, -0.05) is 238 Å². The lowest BCUT2D eigenvalue weighted by Crippen LogP contribution is -2.30. The van der Waals surface area contributed by atoms with Crippen molar-refractivity contribution in [1.29, 1.82) is 0 Å². The van der Waals surface area contributed by atoms with Crippen molar-refractivity contribution >= 4 is 17.9 Å². The van der Waals surface area contributed by atoms with Crippen LogP contribution in [-0.2, 0) is 28.6 Å². The van der Waals surface area contributed by atoms with Crippen molar-refractivity contribution in [3.05, 3.63) is 12.2 Å². The standard InChI is InChI=1S/C52H98O6/c1-4-7-10-13-16-19-22-24-25-26-27-28-29-31-33-36-39-42-45-51(54)57-48-49(47-56-50(53)44-41-38-35-32-21-18-15-12-9-6-3)58-52(55)46-43-40-37-34-30-23-20-17-14-11-8-5-2/h15,18,49H,4-14,16-17,19-48H2,1-3H3/b18-15-. The summed E-state index contributed by atoms with van der Waals surface area (Å²) in [5.74, 6) is -0.868. The second-order valence-electron chi connectivity index (χ2n) is 17.4. The molecule has 1 atom stereocenters. The molecule has 0 aliphatic rings. The number of carbonyl (C=O) groups excluding carboxylic acids is 3. The van der Waals surface area contributed by atoms with Crippen molar-refractivity contribution in [2.45, 2.75) is 290 Å². The number of hydrogen-bond acceptors (Lipinski definition) is 6. The predicted molar refractivity (Wildman–Crippen MR) is 247 cm³/mol. The predicted octanol–water partition coefficient (Wildman–Crippen LogP) is 16.6. The van der Waals surface area contributed by atoms with Crippen LogP contribution >= 0.6 is 0 Å². The smallest absolute Gasteiger partial charge is 0.306 e. The third kappa shape index (κ3) is 45.2. The fourth-order valence-electron chi connectivity index (χ4n) is 7.60. The molecule has 0 aromatic carbocycles. The molecule has 6 heteroatoms.